The average molecular weight is 370 g/mol. The van der Waals surface area contributed by atoms with E-state index >= 15 is 0 Å². The van der Waals surface area contributed by atoms with Crippen molar-refractivity contribution in [1.29, 1.82) is 0 Å². The Hall–Kier alpha value is -1.47. The standard InChI is InChI=1S/C14H16BrN3O2S/c1-14(2,3)13-17-8-10(21-13)7-16-12-6-9(18(19)20)4-5-11(12)15/h4-6,8,16H,7H2,1-3H3. The zero-order chi connectivity index (χ0) is 15.6. The maximum atomic E-state index is 10.8. The van der Waals surface area contributed by atoms with Gasteiger partial charge in [-0.25, -0.2) is 4.98 Å². The van der Waals surface area contributed by atoms with Gasteiger partial charge in [0.25, 0.3) is 5.69 Å². The highest BCUT2D eigenvalue weighted by Crippen LogP contribution is 2.30. The number of hydrogen-bond acceptors (Lipinski definition) is 5. The van der Waals surface area contributed by atoms with E-state index in [-0.39, 0.29) is 11.1 Å². The maximum absolute atomic E-state index is 10.8. The second-order valence-corrected chi connectivity index (χ2v) is 7.63. The third-order valence-corrected chi connectivity index (χ3v) is 4.92. The summed E-state index contributed by atoms with van der Waals surface area (Å²) in [4.78, 5) is 15.9. The molecule has 0 spiro atoms. The number of anilines is 1. The van der Waals surface area contributed by atoms with Gasteiger partial charge in [-0.1, -0.05) is 20.8 Å². The van der Waals surface area contributed by atoms with E-state index in [1.54, 1.807) is 17.4 Å². The minimum Gasteiger partial charge on any atom is -0.379 e. The average Bonchev–Trinajstić information content (AvgIpc) is 2.86. The van der Waals surface area contributed by atoms with E-state index in [2.05, 4.69) is 47.0 Å². The van der Waals surface area contributed by atoms with E-state index in [1.165, 1.54) is 12.1 Å². The Morgan fingerprint density at radius 1 is 1.43 bits per heavy atom. The van der Waals surface area contributed by atoms with E-state index in [0.29, 0.717) is 12.2 Å². The molecule has 1 aromatic heterocycles. The number of halogens is 1. The zero-order valence-electron chi connectivity index (χ0n) is 12.0. The van der Waals surface area contributed by atoms with Gasteiger partial charge in [0, 0.05) is 33.1 Å². The first kappa shape index (κ1) is 15.9. The highest BCUT2D eigenvalue weighted by atomic mass is 79.9. The van der Waals surface area contributed by atoms with Crippen LogP contribution in [-0.2, 0) is 12.0 Å². The second-order valence-electron chi connectivity index (χ2n) is 5.66. The van der Waals surface area contributed by atoms with Crippen LogP contribution in [-0.4, -0.2) is 9.91 Å². The van der Waals surface area contributed by atoms with E-state index in [9.17, 15) is 10.1 Å². The van der Waals surface area contributed by atoms with E-state index in [0.717, 1.165) is 14.4 Å². The Morgan fingerprint density at radius 2 is 2.14 bits per heavy atom. The number of hydrogen-bond donors (Lipinski definition) is 1. The molecular formula is C14H16BrN3O2S. The molecule has 0 amide bonds. The van der Waals surface area contributed by atoms with Gasteiger partial charge < -0.3 is 5.32 Å². The zero-order valence-corrected chi connectivity index (χ0v) is 14.4. The molecule has 21 heavy (non-hydrogen) atoms. The Morgan fingerprint density at radius 3 is 2.71 bits per heavy atom. The van der Waals surface area contributed by atoms with E-state index < -0.39 is 4.92 Å². The molecule has 0 aliphatic rings. The van der Waals surface area contributed by atoms with Crippen LogP contribution < -0.4 is 5.32 Å². The van der Waals surface area contributed by atoms with Crippen molar-refractivity contribution < 1.29 is 4.92 Å². The Balaban J connectivity index is 2.11. The van der Waals surface area contributed by atoms with Crippen molar-refractivity contribution in [3.8, 4) is 0 Å². The summed E-state index contributed by atoms with van der Waals surface area (Å²) in [5.41, 5.74) is 0.810. The summed E-state index contributed by atoms with van der Waals surface area (Å²) in [7, 11) is 0. The molecule has 0 unspecified atom stereocenters. The van der Waals surface area contributed by atoms with Crippen LogP contribution in [0.3, 0.4) is 0 Å². The predicted molar refractivity (Wildman–Crippen MR) is 88.9 cm³/mol. The van der Waals surface area contributed by atoms with Crippen molar-refractivity contribution in [2.45, 2.75) is 32.7 Å². The number of thiazole rings is 1. The van der Waals surface area contributed by atoms with E-state index in [1.807, 2.05) is 6.20 Å². The van der Waals surface area contributed by atoms with Crippen molar-refractivity contribution in [1.82, 2.24) is 4.98 Å². The minimum absolute atomic E-state index is 0.0367. The van der Waals surface area contributed by atoms with Crippen molar-refractivity contribution in [3.05, 3.63) is 48.9 Å². The molecule has 2 aromatic rings. The summed E-state index contributed by atoms with van der Waals surface area (Å²) < 4.78 is 0.800. The summed E-state index contributed by atoms with van der Waals surface area (Å²) in [6, 6.07) is 4.67. The lowest BCUT2D eigenvalue weighted by Gasteiger charge is -2.13. The third kappa shape index (κ3) is 4.01. The first-order chi connectivity index (χ1) is 9.77. The number of nitro benzene ring substituents is 1. The molecule has 0 radical (unpaired) electrons. The molecular weight excluding hydrogens is 354 g/mol. The molecule has 2 rings (SSSR count). The minimum atomic E-state index is -0.401. The highest BCUT2D eigenvalue weighted by molar-refractivity contribution is 9.10. The summed E-state index contributed by atoms with van der Waals surface area (Å²) >= 11 is 5.05. The molecule has 0 atom stereocenters. The van der Waals surface area contributed by atoms with Crippen molar-refractivity contribution in [2.75, 3.05) is 5.32 Å². The molecule has 1 N–H and O–H groups in total. The normalized spacial score (nSPS) is 11.4. The number of nitrogens with one attached hydrogen (secondary N) is 1. The molecule has 0 aliphatic carbocycles. The van der Waals surface area contributed by atoms with Crippen molar-refractivity contribution >= 4 is 38.6 Å². The largest absolute Gasteiger partial charge is 0.379 e. The monoisotopic (exact) mass is 369 g/mol. The fourth-order valence-electron chi connectivity index (χ4n) is 1.68. The fourth-order valence-corrected chi connectivity index (χ4v) is 2.98. The van der Waals surface area contributed by atoms with Crippen molar-refractivity contribution in [3.63, 3.8) is 0 Å². The molecule has 1 aromatic carbocycles. The van der Waals surface area contributed by atoms with Crippen molar-refractivity contribution in [2.24, 2.45) is 0 Å². The number of non-ortho nitro benzene ring substituents is 1. The van der Waals surface area contributed by atoms with Crippen LogP contribution >= 0.6 is 27.3 Å². The van der Waals surface area contributed by atoms with Gasteiger partial charge in [0.15, 0.2) is 0 Å². The Bertz CT molecular complexity index is 664. The Labute approximate surface area is 135 Å². The van der Waals surface area contributed by atoms with Gasteiger partial charge in [-0.3, -0.25) is 10.1 Å². The van der Waals surface area contributed by atoms with Crippen LogP contribution in [0.15, 0.2) is 28.9 Å². The molecule has 0 aliphatic heterocycles. The molecule has 7 heteroatoms. The first-order valence-electron chi connectivity index (χ1n) is 6.40. The van der Waals surface area contributed by atoms with Crippen LogP contribution in [0.4, 0.5) is 11.4 Å². The molecule has 0 bridgehead atoms. The van der Waals surface area contributed by atoms with Gasteiger partial charge in [-0.15, -0.1) is 11.3 Å². The topological polar surface area (TPSA) is 68.1 Å². The highest BCUT2D eigenvalue weighted by Gasteiger charge is 2.18. The molecule has 112 valence electrons. The van der Waals surface area contributed by atoms with Crippen LogP contribution in [0.5, 0.6) is 0 Å². The molecule has 5 nitrogen and oxygen atoms in total. The summed E-state index contributed by atoms with van der Waals surface area (Å²) in [5.74, 6) is 0. The van der Waals surface area contributed by atoms with Crippen LogP contribution in [0, 0.1) is 10.1 Å². The third-order valence-electron chi connectivity index (χ3n) is 2.81. The predicted octanol–water partition coefficient (Wildman–Crippen LogP) is 4.72. The van der Waals surface area contributed by atoms with E-state index in [4.69, 9.17) is 0 Å². The van der Waals surface area contributed by atoms with Crippen LogP contribution in [0.2, 0.25) is 0 Å². The lowest BCUT2D eigenvalue weighted by atomic mass is 9.98. The van der Waals surface area contributed by atoms with Gasteiger partial charge in [-0.2, -0.15) is 0 Å². The number of nitro groups is 1. The fraction of sp³-hybridized carbons (Fsp3) is 0.357. The second kappa shape index (κ2) is 6.11. The van der Waals surface area contributed by atoms with Gasteiger partial charge in [0.2, 0.25) is 0 Å². The number of benzene rings is 1. The molecule has 0 saturated heterocycles. The lowest BCUT2D eigenvalue weighted by molar-refractivity contribution is -0.384. The molecule has 0 saturated carbocycles. The molecule has 0 fully saturated rings. The smallest absolute Gasteiger partial charge is 0.271 e. The van der Waals surface area contributed by atoms with Crippen LogP contribution in [0.25, 0.3) is 0 Å². The lowest BCUT2D eigenvalue weighted by Crippen LogP contribution is -2.09. The number of rotatable bonds is 4. The van der Waals surface area contributed by atoms with Gasteiger partial charge in [-0.05, 0) is 22.0 Å². The summed E-state index contributed by atoms with van der Waals surface area (Å²) in [6.45, 7) is 6.97. The van der Waals surface area contributed by atoms with Gasteiger partial charge in [0.1, 0.15) is 0 Å². The maximum Gasteiger partial charge on any atom is 0.271 e. The SMILES string of the molecule is CC(C)(C)c1ncc(CNc2cc([N+](=O)[O-])ccc2Br)s1. The number of aromatic nitrogens is 1. The number of nitrogens with zero attached hydrogens (tertiary/aromatic N) is 2. The first-order valence-corrected chi connectivity index (χ1v) is 8.01. The van der Waals surface area contributed by atoms with Crippen LogP contribution in [0.1, 0.15) is 30.7 Å². The summed E-state index contributed by atoms with van der Waals surface area (Å²) in [5, 5.41) is 15.1. The Kier molecular flexibility index (Phi) is 4.63. The van der Waals surface area contributed by atoms with Gasteiger partial charge in [0.05, 0.1) is 22.2 Å². The van der Waals surface area contributed by atoms with Gasteiger partial charge >= 0.3 is 0 Å². The molecule has 1 heterocycles. The summed E-state index contributed by atoms with van der Waals surface area (Å²) in [6.07, 6.45) is 1.85. The quantitative estimate of drug-likeness (QED) is 0.624.